The van der Waals surface area contributed by atoms with Crippen molar-refractivity contribution >= 4 is 39.3 Å². The molecule has 1 amide bonds. The molecule has 24 heavy (non-hydrogen) atoms. The van der Waals surface area contributed by atoms with Crippen molar-refractivity contribution in [2.24, 2.45) is 0 Å². The van der Waals surface area contributed by atoms with E-state index in [9.17, 15) is 14.4 Å². The van der Waals surface area contributed by atoms with Crippen molar-refractivity contribution in [2.45, 2.75) is 0 Å². The van der Waals surface area contributed by atoms with Crippen molar-refractivity contribution in [3.05, 3.63) is 58.8 Å². The van der Waals surface area contributed by atoms with Crippen molar-refractivity contribution in [3.63, 3.8) is 0 Å². The molecule has 0 bridgehead atoms. The van der Waals surface area contributed by atoms with Crippen molar-refractivity contribution in [2.75, 3.05) is 12.4 Å². The van der Waals surface area contributed by atoms with Gasteiger partial charge >= 0.3 is 0 Å². The molecule has 120 valence electrons. The van der Waals surface area contributed by atoms with Crippen LogP contribution in [0.4, 0.5) is 5.69 Å². The Hall–Kier alpha value is -2.99. The number of hydrogen-bond donors (Lipinski definition) is 1. The van der Waals surface area contributed by atoms with E-state index in [1.807, 2.05) is 30.3 Å². The summed E-state index contributed by atoms with van der Waals surface area (Å²) in [6, 6.07) is 14.3. The fraction of sp³-hybridized carbons (Fsp3) is 0.0556. The van der Waals surface area contributed by atoms with Crippen LogP contribution in [0.25, 0.3) is 20.5 Å². The lowest BCUT2D eigenvalue weighted by molar-refractivity contribution is -0.127. The zero-order valence-electron chi connectivity index (χ0n) is 12.7. The van der Waals surface area contributed by atoms with E-state index in [2.05, 4.69) is 5.32 Å². The van der Waals surface area contributed by atoms with Crippen LogP contribution in [-0.4, -0.2) is 19.3 Å². The maximum atomic E-state index is 12.8. The van der Waals surface area contributed by atoms with E-state index in [0.717, 1.165) is 10.3 Å². The molecule has 1 heterocycles. The fourth-order valence-corrected chi connectivity index (χ4v) is 3.52. The Morgan fingerprint density at radius 2 is 1.92 bits per heavy atom. The standard InChI is InChI=1S/C18H13NO4S/c1-23-12-7-8-13-14(9-12)24-18(11-5-3-2-4-6-11)16(17(13)22)19-15(21)10-20/h2-10H,1H3,(H,19,21). The predicted octanol–water partition coefficient (Wildman–Crippen LogP) is 3.07. The number of carbonyl (C=O) groups excluding carboxylic acids is 2. The fourth-order valence-electron chi connectivity index (χ4n) is 2.36. The molecular weight excluding hydrogens is 326 g/mol. The first kappa shape index (κ1) is 15.9. The van der Waals surface area contributed by atoms with Crippen LogP contribution in [-0.2, 0) is 9.59 Å². The van der Waals surface area contributed by atoms with Gasteiger partial charge in [0.25, 0.3) is 5.91 Å². The zero-order chi connectivity index (χ0) is 17.1. The lowest BCUT2D eigenvalue weighted by Crippen LogP contribution is -2.19. The lowest BCUT2D eigenvalue weighted by atomic mass is 10.1. The van der Waals surface area contributed by atoms with E-state index in [1.54, 1.807) is 25.3 Å². The Kier molecular flexibility index (Phi) is 4.39. The molecule has 5 nitrogen and oxygen atoms in total. The quantitative estimate of drug-likeness (QED) is 0.586. The Labute approximate surface area is 141 Å². The topological polar surface area (TPSA) is 72.5 Å². The summed E-state index contributed by atoms with van der Waals surface area (Å²) in [5.41, 5.74) is 0.562. The summed E-state index contributed by atoms with van der Waals surface area (Å²) in [5, 5.41) is 2.87. The van der Waals surface area contributed by atoms with Gasteiger partial charge in [-0.2, -0.15) is 0 Å². The first-order valence-corrected chi connectivity index (χ1v) is 7.92. The average molecular weight is 339 g/mol. The van der Waals surface area contributed by atoms with Crippen molar-refractivity contribution in [3.8, 4) is 16.2 Å². The Morgan fingerprint density at radius 1 is 1.17 bits per heavy atom. The number of ether oxygens (including phenoxy) is 1. The van der Waals surface area contributed by atoms with Crippen LogP contribution >= 0.6 is 11.3 Å². The van der Waals surface area contributed by atoms with Gasteiger partial charge in [-0.15, -0.1) is 11.3 Å². The van der Waals surface area contributed by atoms with E-state index < -0.39 is 5.91 Å². The minimum Gasteiger partial charge on any atom is -0.497 e. The van der Waals surface area contributed by atoms with Gasteiger partial charge in [0.1, 0.15) is 11.4 Å². The summed E-state index contributed by atoms with van der Waals surface area (Å²) in [4.78, 5) is 35.6. The van der Waals surface area contributed by atoms with E-state index in [0.29, 0.717) is 16.0 Å². The summed E-state index contributed by atoms with van der Waals surface area (Å²) in [6.07, 6.45) is 0.150. The lowest BCUT2D eigenvalue weighted by Gasteiger charge is -2.11. The zero-order valence-corrected chi connectivity index (χ0v) is 13.6. The van der Waals surface area contributed by atoms with Gasteiger partial charge in [-0.1, -0.05) is 30.3 Å². The van der Waals surface area contributed by atoms with Crippen LogP contribution < -0.4 is 15.5 Å². The van der Waals surface area contributed by atoms with Crippen LogP contribution in [0.2, 0.25) is 0 Å². The number of amides is 1. The molecule has 0 saturated carbocycles. The van der Waals surface area contributed by atoms with Gasteiger partial charge in [-0.05, 0) is 23.8 Å². The Balaban J connectivity index is 2.32. The normalized spacial score (nSPS) is 10.4. The largest absolute Gasteiger partial charge is 0.497 e. The van der Waals surface area contributed by atoms with Crippen LogP contribution in [0.5, 0.6) is 5.75 Å². The number of rotatable bonds is 4. The Bertz CT molecular complexity index is 979. The summed E-state index contributed by atoms with van der Waals surface area (Å²) in [5.74, 6) is -0.216. The summed E-state index contributed by atoms with van der Waals surface area (Å²) >= 11 is 1.35. The molecule has 0 fully saturated rings. The molecule has 0 aliphatic rings. The van der Waals surface area contributed by atoms with Crippen molar-refractivity contribution < 1.29 is 14.3 Å². The highest BCUT2D eigenvalue weighted by atomic mass is 32.1. The molecule has 0 aliphatic heterocycles. The summed E-state index contributed by atoms with van der Waals surface area (Å²) < 4.78 is 5.95. The number of methoxy groups -OCH3 is 1. The second-order valence-corrected chi connectivity index (χ2v) is 6.02. The van der Waals surface area contributed by atoms with Crippen LogP contribution in [0.15, 0.2) is 53.3 Å². The molecule has 0 radical (unpaired) electrons. The number of benzene rings is 2. The molecular formula is C18H13NO4S. The minimum atomic E-state index is -0.857. The van der Waals surface area contributed by atoms with Gasteiger partial charge < -0.3 is 10.1 Å². The SMILES string of the molecule is COc1ccc2c(=O)c(NC(=O)C=O)c(-c3ccccc3)sc2c1. The van der Waals surface area contributed by atoms with E-state index in [4.69, 9.17) is 4.74 Å². The third-order valence-corrected chi connectivity index (χ3v) is 4.69. The third kappa shape index (κ3) is 2.91. The van der Waals surface area contributed by atoms with Gasteiger partial charge in [-0.25, -0.2) is 0 Å². The molecule has 0 atom stereocenters. The molecule has 6 heteroatoms. The number of fused-ring (bicyclic) bond motifs is 1. The van der Waals surface area contributed by atoms with Crippen molar-refractivity contribution in [1.82, 2.24) is 0 Å². The second-order valence-electron chi connectivity index (χ2n) is 4.97. The highest BCUT2D eigenvalue weighted by molar-refractivity contribution is 7.22. The molecule has 1 N–H and O–H groups in total. The van der Waals surface area contributed by atoms with E-state index >= 15 is 0 Å². The second kappa shape index (κ2) is 6.64. The number of aldehydes is 1. The monoisotopic (exact) mass is 339 g/mol. The van der Waals surface area contributed by atoms with Gasteiger partial charge in [0.2, 0.25) is 11.7 Å². The average Bonchev–Trinajstić information content (AvgIpc) is 2.63. The highest BCUT2D eigenvalue weighted by Crippen LogP contribution is 2.35. The van der Waals surface area contributed by atoms with Crippen LogP contribution in [0.3, 0.4) is 0 Å². The molecule has 3 rings (SSSR count). The van der Waals surface area contributed by atoms with E-state index in [-0.39, 0.29) is 17.4 Å². The smallest absolute Gasteiger partial charge is 0.288 e. The van der Waals surface area contributed by atoms with Gasteiger partial charge in [-0.3, -0.25) is 14.4 Å². The molecule has 0 spiro atoms. The molecule has 0 saturated heterocycles. The van der Waals surface area contributed by atoms with Crippen molar-refractivity contribution in [1.29, 1.82) is 0 Å². The molecule has 0 aliphatic carbocycles. The number of carbonyl (C=O) groups is 2. The predicted molar refractivity (Wildman–Crippen MR) is 94.8 cm³/mol. The maximum absolute atomic E-state index is 12.8. The third-order valence-electron chi connectivity index (χ3n) is 3.49. The summed E-state index contributed by atoms with van der Waals surface area (Å²) in [7, 11) is 1.56. The maximum Gasteiger partial charge on any atom is 0.288 e. The highest BCUT2D eigenvalue weighted by Gasteiger charge is 2.16. The number of nitrogens with one attached hydrogen (secondary N) is 1. The first-order valence-electron chi connectivity index (χ1n) is 7.10. The molecule has 3 aromatic rings. The first-order chi connectivity index (χ1) is 11.6. The Morgan fingerprint density at radius 3 is 2.58 bits per heavy atom. The van der Waals surface area contributed by atoms with Gasteiger partial charge in [0.15, 0.2) is 0 Å². The van der Waals surface area contributed by atoms with E-state index in [1.165, 1.54) is 11.3 Å². The van der Waals surface area contributed by atoms with Crippen LogP contribution in [0, 0.1) is 0 Å². The van der Waals surface area contributed by atoms with Gasteiger partial charge in [0, 0.05) is 10.1 Å². The molecule has 1 aromatic heterocycles. The number of anilines is 1. The molecule has 0 unspecified atom stereocenters. The summed E-state index contributed by atoms with van der Waals surface area (Å²) in [6.45, 7) is 0. The van der Waals surface area contributed by atoms with Gasteiger partial charge in [0.05, 0.1) is 12.0 Å². The van der Waals surface area contributed by atoms with Crippen LogP contribution in [0.1, 0.15) is 0 Å². The molecule has 2 aromatic carbocycles. The minimum absolute atomic E-state index is 0.112. The number of hydrogen-bond acceptors (Lipinski definition) is 5.